The van der Waals surface area contributed by atoms with E-state index < -0.39 is 18.4 Å². The lowest BCUT2D eigenvalue weighted by Crippen LogP contribution is -2.22. The second-order valence-corrected chi connectivity index (χ2v) is 2.60. The number of carbonyl (C=O) groups excluding carboxylic acids is 1. The number of ether oxygens (including phenoxy) is 4. The Balaban J connectivity index is 3.62. The molecule has 1 atom stereocenters. The van der Waals surface area contributed by atoms with Crippen LogP contribution in [-0.4, -0.2) is 43.3 Å². The zero-order valence-electron chi connectivity index (χ0n) is 9.16. The normalized spacial score (nSPS) is 11.1. The van der Waals surface area contributed by atoms with Crippen LogP contribution in [-0.2, 0) is 18.9 Å². The molecule has 0 spiro atoms. The van der Waals surface area contributed by atoms with Crippen molar-refractivity contribution in [2.75, 3.05) is 19.8 Å². The van der Waals surface area contributed by atoms with Gasteiger partial charge in [-0.2, -0.15) is 0 Å². The van der Waals surface area contributed by atoms with Gasteiger partial charge in [-0.3, -0.25) is 0 Å². The fourth-order valence-corrected chi connectivity index (χ4v) is 0.764. The molecule has 96 valence electrons. The Bertz CT molecular complexity index is 274. The van der Waals surface area contributed by atoms with Crippen LogP contribution >= 0.6 is 0 Å². The van der Waals surface area contributed by atoms with Crippen LogP contribution < -0.4 is 0 Å². The van der Waals surface area contributed by atoms with Gasteiger partial charge < -0.3 is 24.1 Å². The van der Waals surface area contributed by atoms with Crippen molar-refractivity contribution in [1.29, 1.82) is 0 Å². The minimum absolute atomic E-state index is 0.0376. The van der Waals surface area contributed by atoms with Crippen molar-refractivity contribution >= 4 is 12.3 Å². The maximum absolute atomic E-state index is 10.7. The third-order valence-corrected chi connectivity index (χ3v) is 1.45. The minimum atomic E-state index is -1.40. The van der Waals surface area contributed by atoms with Gasteiger partial charge in [0.25, 0.3) is 0 Å². The Morgan fingerprint density at radius 2 is 1.94 bits per heavy atom. The van der Waals surface area contributed by atoms with E-state index in [1.54, 1.807) is 0 Å². The van der Waals surface area contributed by atoms with Gasteiger partial charge in [0.05, 0.1) is 12.9 Å². The predicted octanol–water partition coefficient (Wildman–Crippen LogP) is 1.55. The molecule has 0 aromatic heterocycles. The van der Waals surface area contributed by atoms with E-state index in [0.717, 1.165) is 6.26 Å². The Hall–Kier alpha value is -2.02. The lowest BCUT2D eigenvalue weighted by Gasteiger charge is -2.12. The van der Waals surface area contributed by atoms with Crippen molar-refractivity contribution in [3.05, 3.63) is 25.5 Å². The summed E-state index contributed by atoms with van der Waals surface area (Å²) in [6.45, 7) is 6.46. The second-order valence-electron chi connectivity index (χ2n) is 2.60. The average Bonchev–Trinajstić information content (AvgIpc) is 2.28. The Kier molecular flexibility index (Phi) is 8.13. The van der Waals surface area contributed by atoms with Crippen molar-refractivity contribution in [3.63, 3.8) is 0 Å². The summed E-state index contributed by atoms with van der Waals surface area (Å²) in [6.07, 6.45) is -0.557. The molecule has 0 aromatic carbocycles. The largest absolute Gasteiger partial charge is 0.513 e. The maximum Gasteiger partial charge on any atom is 0.513 e. The highest BCUT2D eigenvalue weighted by Crippen LogP contribution is 1.96. The van der Waals surface area contributed by atoms with Gasteiger partial charge in [-0.1, -0.05) is 12.7 Å². The molecule has 0 heterocycles. The van der Waals surface area contributed by atoms with Crippen molar-refractivity contribution in [2.24, 2.45) is 0 Å². The fourth-order valence-electron chi connectivity index (χ4n) is 0.764. The first kappa shape index (κ1) is 15.0. The number of carbonyl (C=O) groups is 2. The molecular weight excluding hydrogens is 232 g/mol. The summed E-state index contributed by atoms with van der Waals surface area (Å²) in [5.41, 5.74) is 0. The molecule has 0 bridgehead atoms. The van der Waals surface area contributed by atoms with Crippen LogP contribution in [0, 0.1) is 0 Å². The van der Waals surface area contributed by atoms with Crippen LogP contribution in [0.3, 0.4) is 0 Å². The summed E-state index contributed by atoms with van der Waals surface area (Å²) in [6, 6.07) is 0. The monoisotopic (exact) mass is 246 g/mol. The van der Waals surface area contributed by atoms with Crippen molar-refractivity contribution in [1.82, 2.24) is 0 Å². The summed E-state index contributed by atoms with van der Waals surface area (Å²) in [4.78, 5) is 20.8. The highest BCUT2D eigenvalue weighted by molar-refractivity contribution is 5.60. The minimum Gasteiger partial charge on any atom is -0.450 e. The SMILES string of the molecule is C=COC(=O)OCCOC(C=C)COC(=O)O. The number of hydrogen-bond donors (Lipinski definition) is 1. The number of hydrogen-bond acceptors (Lipinski definition) is 6. The maximum atomic E-state index is 10.7. The Labute approximate surface area is 98.2 Å². The zero-order chi connectivity index (χ0) is 13.1. The van der Waals surface area contributed by atoms with E-state index in [4.69, 9.17) is 9.84 Å². The molecule has 1 N–H and O–H groups in total. The molecule has 7 heteroatoms. The third kappa shape index (κ3) is 8.94. The molecule has 0 aliphatic carbocycles. The predicted molar refractivity (Wildman–Crippen MR) is 56.5 cm³/mol. The molecule has 0 fully saturated rings. The molecule has 0 aromatic rings. The van der Waals surface area contributed by atoms with Gasteiger partial charge in [-0.15, -0.1) is 6.58 Å². The van der Waals surface area contributed by atoms with E-state index in [1.807, 2.05) is 0 Å². The van der Waals surface area contributed by atoms with E-state index in [1.165, 1.54) is 6.08 Å². The van der Waals surface area contributed by atoms with Gasteiger partial charge >= 0.3 is 12.3 Å². The molecule has 1 unspecified atom stereocenters. The summed E-state index contributed by atoms with van der Waals surface area (Å²) in [7, 11) is 0. The smallest absolute Gasteiger partial charge is 0.450 e. The molecule has 7 nitrogen and oxygen atoms in total. The summed E-state index contributed by atoms with van der Waals surface area (Å²) in [5, 5.41) is 8.25. The Morgan fingerprint density at radius 1 is 1.24 bits per heavy atom. The van der Waals surface area contributed by atoms with Crippen molar-refractivity contribution in [2.45, 2.75) is 6.10 Å². The van der Waals surface area contributed by atoms with Gasteiger partial charge in [0.1, 0.15) is 19.3 Å². The molecular formula is C10H14O7. The van der Waals surface area contributed by atoms with E-state index in [2.05, 4.69) is 27.4 Å². The highest BCUT2D eigenvalue weighted by atomic mass is 16.7. The van der Waals surface area contributed by atoms with Crippen molar-refractivity contribution in [3.8, 4) is 0 Å². The molecule has 0 aliphatic heterocycles. The van der Waals surface area contributed by atoms with Crippen LogP contribution in [0.4, 0.5) is 9.59 Å². The van der Waals surface area contributed by atoms with Gasteiger partial charge in [0.2, 0.25) is 0 Å². The quantitative estimate of drug-likeness (QED) is 0.300. The lowest BCUT2D eigenvalue weighted by molar-refractivity contribution is -0.00589. The van der Waals surface area contributed by atoms with Crippen LogP contribution in [0.25, 0.3) is 0 Å². The molecule has 17 heavy (non-hydrogen) atoms. The fraction of sp³-hybridized carbons (Fsp3) is 0.400. The zero-order valence-corrected chi connectivity index (χ0v) is 9.16. The van der Waals surface area contributed by atoms with Gasteiger partial charge in [-0.25, -0.2) is 9.59 Å². The molecule has 0 rings (SSSR count). The van der Waals surface area contributed by atoms with Gasteiger partial charge in [-0.05, 0) is 0 Å². The third-order valence-electron chi connectivity index (χ3n) is 1.45. The molecule has 0 amide bonds. The van der Waals surface area contributed by atoms with Crippen LogP contribution in [0.15, 0.2) is 25.5 Å². The van der Waals surface area contributed by atoms with Crippen molar-refractivity contribution < 1.29 is 33.6 Å². The standard InChI is InChI=1S/C10H14O7/c1-3-8(7-17-9(11)12)15-5-6-16-10(13)14-4-2/h3-4,8H,1-2,5-7H2,(H,11,12). The number of carboxylic acid groups (broad SMARTS) is 1. The van der Waals surface area contributed by atoms with E-state index in [-0.39, 0.29) is 19.8 Å². The van der Waals surface area contributed by atoms with Gasteiger partial charge in [0.15, 0.2) is 0 Å². The first-order valence-electron chi connectivity index (χ1n) is 4.64. The average molecular weight is 246 g/mol. The van der Waals surface area contributed by atoms with E-state index in [9.17, 15) is 9.59 Å². The van der Waals surface area contributed by atoms with Gasteiger partial charge in [0, 0.05) is 0 Å². The second kappa shape index (κ2) is 9.22. The molecule has 0 radical (unpaired) electrons. The topological polar surface area (TPSA) is 91.3 Å². The summed E-state index contributed by atoms with van der Waals surface area (Å²) >= 11 is 0. The summed E-state index contributed by atoms with van der Waals surface area (Å²) in [5.74, 6) is 0. The van der Waals surface area contributed by atoms with E-state index >= 15 is 0 Å². The highest BCUT2D eigenvalue weighted by Gasteiger charge is 2.08. The first-order chi connectivity index (χ1) is 8.10. The van der Waals surface area contributed by atoms with Crippen LogP contribution in [0.1, 0.15) is 0 Å². The molecule has 0 saturated heterocycles. The van der Waals surface area contributed by atoms with Crippen LogP contribution in [0.5, 0.6) is 0 Å². The van der Waals surface area contributed by atoms with Crippen LogP contribution in [0.2, 0.25) is 0 Å². The molecule has 0 aliphatic rings. The Morgan fingerprint density at radius 3 is 2.47 bits per heavy atom. The lowest BCUT2D eigenvalue weighted by atomic mass is 10.4. The van der Waals surface area contributed by atoms with E-state index in [0.29, 0.717) is 0 Å². The first-order valence-corrected chi connectivity index (χ1v) is 4.64. The molecule has 0 saturated carbocycles. The summed E-state index contributed by atoms with van der Waals surface area (Å²) < 4.78 is 18.2. The number of rotatable bonds is 8.